The summed E-state index contributed by atoms with van der Waals surface area (Å²) in [6.07, 6.45) is 2.45. The monoisotopic (exact) mass is 429 g/mol. The van der Waals surface area contributed by atoms with Crippen LogP contribution in [0.5, 0.6) is 11.5 Å². The van der Waals surface area contributed by atoms with Crippen molar-refractivity contribution in [3.63, 3.8) is 0 Å². The molecule has 1 N–H and O–H groups in total. The molecular formula is C21H23N3O5S. The molecule has 0 aliphatic carbocycles. The molecule has 2 aliphatic rings. The van der Waals surface area contributed by atoms with Gasteiger partial charge in [-0.05, 0) is 55.7 Å². The zero-order chi connectivity index (χ0) is 21.1. The van der Waals surface area contributed by atoms with Crippen molar-refractivity contribution in [2.24, 2.45) is 11.0 Å². The molecule has 1 fully saturated rings. The Bertz CT molecular complexity index is 1060. The van der Waals surface area contributed by atoms with Gasteiger partial charge in [-0.2, -0.15) is 9.41 Å². The molecule has 0 bridgehead atoms. The number of hydrogen-bond donors (Lipinski definition) is 1. The zero-order valence-corrected chi connectivity index (χ0v) is 17.4. The summed E-state index contributed by atoms with van der Waals surface area (Å²) in [5, 5.41) is 4.01. The van der Waals surface area contributed by atoms with Crippen LogP contribution >= 0.6 is 0 Å². The smallest absolute Gasteiger partial charge is 0.243 e. The van der Waals surface area contributed by atoms with E-state index in [1.54, 1.807) is 36.4 Å². The van der Waals surface area contributed by atoms with E-state index >= 15 is 0 Å². The summed E-state index contributed by atoms with van der Waals surface area (Å²) in [5.74, 6) is 0.846. The number of piperidine rings is 1. The fourth-order valence-corrected chi connectivity index (χ4v) is 4.94. The third kappa shape index (κ3) is 4.31. The molecule has 158 valence electrons. The van der Waals surface area contributed by atoms with Crippen LogP contribution < -0.4 is 14.9 Å². The minimum Gasteiger partial charge on any atom is -0.454 e. The van der Waals surface area contributed by atoms with E-state index < -0.39 is 10.0 Å². The van der Waals surface area contributed by atoms with Gasteiger partial charge < -0.3 is 9.47 Å². The molecule has 2 heterocycles. The first-order valence-electron chi connectivity index (χ1n) is 9.73. The SMILES string of the molecule is Cc1ccc(S(=O)(=O)N2CCC(C(=O)NN=Cc3ccc4c(c3)OCO4)CC2)cc1. The summed E-state index contributed by atoms with van der Waals surface area (Å²) in [6, 6.07) is 12.2. The number of nitrogens with one attached hydrogen (secondary N) is 1. The van der Waals surface area contributed by atoms with Crippen LogP contribution in [-0.4, -0.2) is 44.7 Å². The fourth-order valence-electron chi connectivity index (χ4n) is 3.47. The lowest BCUT2D eigenvalue weighted by Crippen LogP contribution is -2.42. The first kappa shape index (κ1) is 20.4. The molecule has 2 aromatic carbocycles. The lowest BCUT2D eigenvalue weighted by molar-refractivity contribution is -0.126. The van der Waals surface area contributed by atoms with Crippen molar-refractivity contribution in [2.75, 3.05) is 19.9 Å². The highest BCUT2D eigenvalue weighted by Crippen LogP contribution is 2.32. The second kappa shape index (κ2) is 8.45. The van der Waals surface area contributed by atoms with Gasteiger partial charge in [-0.15, -0.1) is 0 Å². The number of carbonyl (C=O) groups is 1. The van der Waals surface area contributed by atoms with Crippen LogP contribution in [0.3, 0.4) is 0 Å². The standard InChI is InChI=1S/C21H23N3O5S/c1-15-2-5-18(6-3-15)30(26,27)24-10-8-17(9-11-24)21(25)23-22-13-16-4-7-19-20(12-16)29-14-28-19/h2-7,12-13,17H,8-11,14H2,1H3,(H,23,25). The number of sulfonamides is 1. The van der Waals surface area contributed by atoms with Gasteiger partial charge in [0.2, 0.25) is 22.7 Å². The Morgan fingerprint density at radius 1 is 1.10 bits per heavy atom. The maximum absolute atomic E-state index is 12.8. The van der Waals surface area contributed by atoms with Crippen LogP contribution in [0.4, 0.5) is 0 Å². The number of nitrogens with zero attached hydrogens (tertiary/aromatic N) is 2. The molecule has 0 unspecified atom stereocenters. The topological polar surface area (TPSA) is 97.3 Å². The van der Waals surface area contributed by atoms with Crippen molar-refractivity contribution < 1.29 is 22.7 Å². The Hall–Kier alpha value is -2.91. The number of benzene rings is 2. The number of carbonyl (C=O) groups excluding carboxylic acids is 1. The van der Waals surface area contributed by atoms with Gasteiger partial charge in [-0.3, -0.25) is 4.79 Å². The lowest BCUT2D eigenvalue weighted by atomic mass is 9.98. The highest BCUT2D eigenvalue weighted by molar-refractivity contribution is 7.89. The molecule has 0 atom stereocenters. The van der Waals surface area contributed by atoms with Crippen LogP contribution in [0.15, 0.2) is 52.5 Å². The van der Waals surface area contributed by atoms with Gasteiger partial charge in [0, 0.05) is 19.0 Å². The number of fused-ring (bicyclic) bond motifs is 1. The van der Waals surface area contributed by atoms with Crippen molar-refractivity contribution in [3.05, 3.63) is 53.6 Å². The first-order valence-corrected chi connectivity index (χ1v) is 11.2. The molecule has 2 aromatic rings. The summed E-state index contributed by atoms with van der Waals surface area (Å²) in [4.78, 5) is 12.7. The van der Waals surface area contributed by atoms with Crippen LogP contribution in [-0.2, 0) is 14.8 Å². The predicted octanol–water partition coefficient (Wildman–Crippen LogP) is 2.27. The van der Waals surface area contributed by atoms with E-state index in [4.69, 9.17) is 9.47 Å². The third-order valence-corrected chi connectivity index (χ3v) is 7.18. The van der Waals surface area contributed by atoms with Crippen molar-refractivity contribution in [2.45, 2.75) is 24.7 Å². The molecule has 9 heteroatoms. The van der Waals surface area contributed by atoms with E-state index in [-0.39, 0.29) is 23.5 Å². The summed E-state index contributed by atoms with van der Waals surface area (Å²) in [5.41, 5.74) is 4.33. The largest absolute Gasteiger partial charge is 0.454 e. The lowest BCUT2D eigenvalue weighted by Gasteiger charge is -2.30. The summed E-state index contributed by atoms with van der Waals surface area (Å²) < 4.78 is 37.5. The molecule has 0 aromatic heterocycles. The van der Waals surface area contributed by atoms with Crippen molar-refractivity contribution in [1.29, 1.82) is 0 Å². The van der Waals surface area contributed by atoms with E-state index in [0.29, 0.717) is 37.4 Å². The highest BCUT2D eigenvalue weighted by atomic mass is 32.2. The van der Waals surface area contributed by atoms with Gasteiger partial charge >= 0.3 is 0 Å². The maximum atomic E-state index is 12.8. The average molecular weight is 429 g/mol. The zero-order valence-electron chi connectivity index (χ0n) is 16.6. The van der Waals surface area contributed by atoms with Gasteiger partial charge in [0.05, 0.1) is 11.1 Å². The van der Waals surface area contributed by atoms with Crippen LogP contribution in [0, 0.1) is 12.8 Å². The van der Waals surface area contributed by atoms with Crippen LogP contribution in [0.1, 0.15) is 24.0 Å². The molecule has 1 amide bonds. The van der Waals surface area contributed by atoms with Crippen molar-refractivity contribution in [3.8, 4) is 11.5 Å². The fraction of sp³-hybridized carbons (Fsp3) is 0.333. The van der Waals surface area contributed by atoms with Crippen molar-refractivity contribution >= 4 is 22.1 Å². The van der Waals surface area contributed by atoms with Gasteiger partial charge in [-0.1, -0.05) is 17.7 Å². The van der Waals surface area contributed by atoms with E-state index in [0.717, 1.165) is 11.1 Å². The number of aryl methyl sites for hydroxylation is 1. The molecule has 0 spiro atoms. The number of rotatable bonds is 5. The van der Waals surface area contributed by atoms with Gasteiger partial charge in [0.1, 0.15) is 0 Å². The van der Waals surface area contributed by atoms with E-state index in [9.17, 15) is 13.2 Å². The minimum atomic E-state index is -3.54. The quantitative estimate of drug-likeness (QED) is 0.581. The van der Waals surface area contributed by atoms with Gasteiger partial charge in [0.25, 0.3) is 0 Å². The predicted molar refractivity (Wildman–Crippen MR) is 111 cm³/mol. The first-order chi connectivity index (χ1) is 14.4. The second-order valence-electron chi connectivity index (χ2n) is 7.34. The van der Waals surface area contributed by atoms with Crippen molar-refractivity contribution in [1.82, 2.24) is 9.73 Å². The highest BCUT2D eigenvalue weighted by Gasteiger charge is 2.32. The molecule has 2 aliphatic heterocycles. The minimum absolute atomic E-state index is 0.199. The normalized spacial score (nSPS) is 17.4. The van der Waals surface area contributed by atoms with E-state index in [2.05, 4.69) is 10.5 Å². The Morgan fingerprint density at radius 3 is 2.53 bits per heavy atom. The third-order valence-electron chi connectivity index (χ3n) is 5.27. The van der Waals surface area contributed by atoms with E-state index in [1.807, 2.05) is 13.0 Å². The summed E-state index contributed by atoms with van der Waals surface area (Å²) >= 11 is 0. The second-order valence-corrected chi connectivity index (χ2v) is 9.28. The molecule has 4 rings (SSSR count). The van der Waals surface area contributed by atoms with Gasteiger partial charge in [-0.25, -0.2) is 13.8 Å². The summed E-state index contributed by atoms with van der Waals surface area (Å²) in [7, 11) is -3.54. The number of amides is 1. The summed E-state index contributed by atoms with van der Waals surface area (Å²) in [6.45, 7) is 2.72. The maximum Gasteiger partial charge on any atom is 0.243 e. The number of ether oxygens (including phenoxy) is 2. The van der Waals surface area contributed by atoms with E-state index in [1.165, 1.54) is 10.5 Å². The average Bonchev–Trinajstić information content (AvgIpc) is 3.22. The molecule has 0 radical (unpaired) electrons. The van der Waals surface area contributed by atoms with Crippen LogP contribution in [0.2, 0.25) is 0 Å². The number of hydrazone groups is 1. The molecule has 8 nitrogen and oxygen atoms in total. The molecular weight excluding hydrogens is 406 g/mol. The molecule has 30 heavy (non-hydrogen) atoms. The Morgan fingerprint density at radius 2 is 1.80 bits per heavy atom. The van der Waals surface area contributed by atoms with Crippen LogP contribution in [0.25, 0.3) is 0 Å². The molecule has 0 saturated carbocycles. The Labute approximate surface area is 175 Å². The molecule has 1 saturated heterocycles. The Kier molecular flexibility index (Phi) is 5.74. The Balaban J connectivity index is 1.30. The number of hydrogen-bond acceptors (Lipinski definition) is 6. The van der Waals surface area contributed by atoms with Gasteiger partial charge in [0.15, 0.2) is 11.5 Å².